The molecule has 0 aliphatic carbocycles. The van der Waals surface area contributed by atoms with Crippen LogP contribution in [0.15, 0.2) is 0 Å². The van der Waals surface area contributed by atoms with E-state index in [1.165, 1.54) is 0 Å². The molecular formula is H2O3RuS. The zero-order valence-corrected chi connectivity index (χ0v) is 4.70. The summed E-state index contributed by atoms with van der Waals surface area (Å²) in [5.41, 5.74) is 0. The van der Waals surface area contributed by atoms with Gasteiger partial charge in [0.15, 0.2) is 0 Å². The molecule has 0 heterocycles. The van der Waals surface area contributed by atoms with Gasteiger partial charge in [-0.1, -0.05) is 0 Å². The largest absolute Gasteiger partial charge is 0.288 e. The van der Waals surface area contributed by atoms with E-state index in [4.69, 9.17) is 13.0 Å². The van der Waals surface area contributed by atoms with Crippen LogP contribution in [0.25, 0.3) is 0 Å². The maximum atomic E-state index is 8.59. The number of hydrogen-bond acceptors (Lipinski definition) is 2. The van der Waals surface area contributed by atoms with Crippen molar-refractivity contribution < 1.29 is 32.4 Å². The van der Waals surface area contributed by atoms with Crippen LogP contribution < -0.4 is 0 Å². The fourth-order valence-electron chi connectivity index (χ4n) is 0. The number of thiol groups is 1. The van der Waals surface area contributed by atoms with Crippen molar-refractivity contribution in [3.8, 4) is 0 Å². The van der Waals surface area contributed by atoms with Crippen molar-refractivity contribution >= 4 is 11.0 Å². The molecule has 0 rings (SSSR count). The van der Waals surface area contributed by atoms with E-state index in [9.17, 15) is 0 Å². The van der Waals surface area contributed by atoms with Crippen molar-refractivity contribution in [3.63, 3.8) is 0 Å². The van der Waals surface area contributed by atoms with E-state index in [2.05, 4.69) is 0 Å². The molecule has 0 spiro atoms. The summed E-state index contributed by atoms with van der Waals surface area (Å²) in [4.78, 5) is 0. The van der Waals surface area contributed by atoms with Gasteiger partial charge >= 0.3 is 0 Å². The van der Waals surface area contributed by atoms with Gasteiger partial charge in [0.05, 0.1) is 0 Å². The van der Waals surface area contributed by atoms with Crippen LogP contribution >= 0.6 is 0 Å². The molecule has 5 heavy (non-hydrogen) atoms. The van der Waals surface area contributed by atoms with Crippen LogP contribution in [0.1, 0.15) is 0 Å². The molecule has 0 aliphatic heterocycles. The standard InChI is InChI=1S/H2O3S.Ru/c1-4(2)3;/h4H,(H,1,2,3);. The predicted molar refractivity (Wildman–Crippen MR) is 12.9 cm³/mol. The first-order valence-corrected chi connectivity index (χ1v) is 1.70. The van der Waals surface area contributed by atoms with Crippen LogP contribution in [0.3, 0.4) is 0 Å². The molecule has 0 aliphatic rings. The van der Waals surface area contributed by atoms with Gasteiger partial charge in [0.25, 0.3) is 11.0 Å². The summed E-state index contributed by atoms with van der Waals surface area (Å²) in [7, 11) is -3.12. The Labute approximate surface area is 43.9 Å². The third kappa shape index (κ3) is 102. The zero-order chi connectivity index (χ0) is 3.58. The molecule has 0 amide bonds. The quantitative estimate of drug-likeness (QED) is 0.290. The number of rotatable bonds is 0. The Morgan fingerprint density at radius 3 is 1.40 bits per heavy atom. The molecule has 0 atom stereocenters. The first-order chi connectivity index (χ1) is 1.73. The van der Waals surface area contributed by atoms with Gasteiger partial charge in [0, 0.05) is 19.5 Å². The van der Waals surface area contributed by atoms with E-state index in [0.29, 0.717) is 0 Å². The average Bonchev–Trinajstić information content (AvgIpc) is 0.811. The van der Waals surface area contributed by atoms with Gasteiger partial charge in [-0.2, -0.15) is 0 Å². The van der Waals surface area contributed by atoms with Crippen molar-refractivity contribution in [3.05, 3.63) is 0 Å². The van der Waals surface area contributed by atoms with Crippen molar-refractivity contribution in [1.29, 1.82) is 0 Å². The molecule has 0 bridgehead atoms. The van der Waals surface area contributed by atoms with E-state index in [1.807, 2.05) is 0 Å². The van der Waals surface area contributed by atoms with Crippen molar-refractivity contribution in [2.24, 2.45) is 0 Å². The molecular weight excluding hydrogens is 181 g/mol. The fourth-order valence-corrected chi connectivity index (χ4v) is 0. The Kier molecular flexibility index (Phi) is 8.26. The summed E-state index contributed by atoms with van der Waals surface area (Å²) in [5, 5.41) is 0. The van der Waals surface area contributed by atoms with Crippen LogP contribution in [-0.2, 0) is 30.5 Å². The fraction of sp³-hybridized carbons (Fsp3) is 0. The molecule has 0 aromatic rings. The van der Waals surface area contributed by atoms with Crippen molar-refractivity contribution in [2.45, 2.75) is 0 Å². The molecule has 0 aromatic carbocycles. The maximum absolute atomic E-state index is 8.59. The SMILES string of the molecule is O=[SH](=O)O.[Ru]. The normalized spacial score (nSPS) is 6.80. The molecule has 34 valence electrons. The van der Waals surface area contributed by atoms with Crippen LogP contribution in [0.2, 0.25) is 0 Å². The number of hydrogen-bond donors (Lipinski definition) is 2. The van der Waals surface area contributed by atoms with Gasteiger partial charge in [0.1, 0.15) is 0 Å². The first kappa shape index (κ1) is 9.11. The summed E-state index contributed by atoms with van der Waals surface area (Å²) in [5.74, 6) is 0. The van der Waals surface area contributed by atoms with Gasteiger partial charge in [-0.25, -0.2) is 8.42 Å². The summed E-state index contributed by atoms with van der Waals surface area (Å²) in [6.07, 6.45) is 0. The Balaban J connectivity index is 0. The van der Waals surface area contributed by atoms with Gasteiger partial charge in [0.2, 0.25) is 0 Å². The molecule has 1 N–H and O–H groups in total. The van der Waals surface area contributed by atoms with Crippen LogP contribution in [0.4, 0.5) is 0 Å². The Bertz CT molecular complexity index is 55.3. The first-order valence-electron chi connectivity index (χ1n) is 0.565. The molecule has 0 unspecified atom stereocenters. The summed E-state index contributed by atoms with van der Waals surface area (Å²) < 4.78 is 24.2. The van der Waals surface area contributed by atoms with E-state index in [-0.39, 0.29) is 19.5 Å². The molecule has 0 aromatic heterocycles. The Morgan fingerprint density at radius 2 is 1.40 bits per heavy atom. The monoisotopic (exact) mass is 184 g/mol. The van der Waals surface area contributed by atoms with E-state index in [0.717, 1.165) is 0 Å². The predicted octanol–water partition coefficient (Wildman–Crippen LogP) is -0.932. The minimum Gasteiger partial charge on any atom is -0.288 e. The average molecular weight is 183 g/mol. The smallest absolute Gasteiger partial charge is 0.254 e. The van der Waals surface area contributed by atoms with Crippen LogP contribution in [0.5, 0.6) is 0 Å². The minimum absolute atomic E-state index is 0. The minimum atomic E-state index is -3.12. The second-order valence-corrected chi connectivity index (χ2v) is 0.714. The summed E-state index contributed by atoms with van der Waals surface area (Å²) in [6.45, 7) is 0. The van der Waals surface area contributed by atoms with Gasteiger partial charge in [-0.15, -0.1) is 0 Å². The summed E-state index contributed by atoms with van der Waals surface area (Å²) in [6, 6.07) is 0. The molecule has 0 saturated heterocycles. The van der Waals surface area contributed by atoms with Crippen molar-refractivity contribution in [2.75, 3.05) is 0 Å². The van der Waals surface area contributed by atoms with E-state index < -0.39 is 11.0 Å². The molecule has 0 saturated carbocycles. The summed E-state index contributed by atoms with van der Waals surface area (Å²) >= 11 is 0. The van der Waals surface area contributed by atoms with Crippen LogP contribution in [-0.4, -0.2) is 13.0 Å². The third-order valence-corrected chi connectivity index (χ3v) is 0. The van der Waals surface area contributed by atoms with Gasteiger partial charge in [-0.3, -0.25) is 4.55 Å². The third-order valence-electron chi connectivity index (χ3n) is 0. The maximum Gasteiger partial charge on any atom is 0.254 e. The second kappa shape index (κ2) is 4.53. The van der Waals surface area contributed by atoms with Crippen molar-refractivity contribution in [1.82, 2.24) is 0 Å². The zero-order valence-electron chi connectivity index (χ0n) is 2.06. The molecule has 0 fully saturated rings. The van der Waals surface area contributed by atoms with Gasteiger partial charge in [-0.05, 0) is 0 Å². The van der Waals surface area contributed by atoms with E-state index in [1.54, 1.807) is 0 Å². The second-order valence-electron chi connectivity index (χ2n) is 0.238. The molecule has 5 heteroatoms. The topological polar surface area (TPSA) is 54.4 Å². The Morgan fingerprint density at radius 1 is 1.40 bits per heavy atom. The van der Waals surface area contributed by atoms with Crippen LogP contribution in [0, 0.1) is 0 Å². The van der Waals surface area contributed by atoms with E-state index >= 15 is 0 Å². The van der Waals surface area contributed by atoms with Gasteiger partial charge < -0.3 is 0 Å². The molecule has 0 radical (unpaired) electrons. The molecule has 3 nitrogen and oxygen atoms in total. The Hall–Kier alpha value is 0.533.